The van der Waals surface area contributed by atoms with Gasteiger partial charge in [-0.15, -0.1) is 0 Å². The van der Waals surface area contributed by atoms with Gasteiger partial charge in [-0.05, 0) is 13.3 Å². The lowest BCUT2D eigenvalue weighted by Gasteiger charge is -2.07. The molecule has 0 bridgehead atoms. The number of nitrogens with one attached hydrogen (secondary N) is 1. The van der Waals surface area contributed by atoms with Crippen LogP contribution in [0.3, 0.4) is 0 Å². The molecule has 0 saturated carbocycles. The zero-order valence-electron chi connectivity index (χ0n) is 11.2. The highest BCUT2D eigenvalue weighted by Gasteiger charge is 2.12. The monoisotopic (exact) mass is 287 g/mol. The van der Waals surface area contributed by atoms with E-state index < -0.39 is 7.14 Å². The number of imidazole rings is 1. The molecule has 0 aliphatic heterocycles. The minimum Gasteiger partial charge on any atom is -0.382 e. The number of rotatable bonds is 2. The van der Waals surface area contributed by atoms with Crippen LogP contribution in [0.1, 0.15) is 0 Å². The Labute approximate surface area is 115 Å². The van der Waals surface area contributed by atoms with Crippen LogP contribution in [0.5, 0.6) is 0 Å². The van der Waals surface area contributed by atoms with Crippen molar-refractivity contribution in [1.82, 2.24) is 19.9 Å². The number of hydrogen-bond acceptors (Lipinski definition) is 5. The first kappa shape index (κ1) is 12.8. The van der Waals surface area contributed by atoms with Gasteiger partial charge in [-0.25, -0.2) is 15.0 Å². The van der Waals surface area contributed by atoms with E-state index in [9.17, 15) is 4.57 Å². The van der Waals surface area contributed by atoms with Crippen molar-refractivity contribution in [2.24, 2.45) is 0 Å². The number of fused-ring (bicyclic) bond motifs is 1. The molecule has 6 nitrogen and oxygen atoms in total. The third kappa shape index (κ3) is 2.18. The number of nitrogens with zero attached hydrogens (tertiary/aromatic N) is 3. The summed E-state index contributed by atoms with van der Waals surface area (Å²) in [6.45, 7) is 3.48. The number of aromatic nitrogens is 4. The average molecular weight is 287 g/mol. The van der Waals surface area contributed by atoms with Crippen molar-refractivity contribution in [2.75, 3.05) is 19.1 Å². The number of nitrogen functional groups attached to an aromatic ring is 1. The summed E-state index contributed by atoms with van der Waals surface area (Å²) in [7, 11) is -2.25. The maximum Gasteiger partial charge on any atom is 0.183 e. The summed E-state index contributed by atoms with van der Waals surface area (Å²) in [4.78, 5) is 15.6. The fourth-order valence-corrected chi connectivity index (χ4v) is 2.82. The van der Waals surface area contributed by atoms with Gasteiger partial charge in [0, 0.05) is 10.9 Å². The maximum absolute atomic E-state index is 12.0. The Balaban J connectivity index is 2.09. The van der Waals surface area contributed by atoms with E-state index in [0.717, 1.165) is 10.9 Å². The molecule has 20 heavy (non-hydrogen) atoms. The van der Waals surface area contributed by atoms with Crippen LogP contribution in [0.2, 0.25) is 0 Å². The van der Waals surface area contributed by atoms with E-state index >= 15 is 0 Å². The number of nitrogens with two attached hydrogens (primary N) is 1. The quantitative estimate of drug-likeness (QED) is 0.701. The summed E-state index contributed by atoms with van der Waals surface area (Å²) in [5.74, 6) is 0.874. The van der Waals surface area contributed by atoms with Gasteiger partial charge in [-0.2, -0.15) is 0 Å². The van der Waals surface area contributed by atoms with Crippen LogP contribution in [-0.2, 0) is 4.57 Å². The molecular formula is C13H14N5OP. The lowest BCUT2D eigenvalue weighted by molar-refractivity contribution is 0.588. The Morgan fingerprint density at radius 1 is 1.15 bits per heavy atom. The van der Waals surface area contributed by atoms with E-state index in [-0.39, 0.29) is 0 Å². The summed E-state index contributed by atoms with van der Waals surface area (Å²) in [6, 6.07) is 7.37. The molecule has 2 aromatic heterocycles. The summed E-state index contributed by atoms with van der Waals surface area (Å²) in [5, 5.41) is 0.829. The predicted molar refractivity (Wildman–Crippen MR) is 80.6 cm³/mol. The summed E-state index contributed by atoms with van der Waals surface area (Å²) in [6.07, 6.45) is 1.53. The van der Waals surface area contributed by atoms with Crippen molar-refractivity contribution < 1.29 is 4.57 Å². The van der Waals surface area contributed by atoms with Crippen LogP contribution in [0, 0.1) is 0 Å². The number of aromatic amines is 1. The summed E-state index contributed by atoms with van der Waals surface area (Å²) in [5.41, 5.74) is 7.86. The molecule has 3 N–H and O–H groups in total. The Hall–Kier alpha value is -2.20. The van der Waals surface area contributed by atoms with Crippen LogP contribution < -0.4 is 11.0 Å². The van der Waals surface area contributed by atoms with Crippen LogP contribution in [0.4, 0.5) is 5.82 Å². The molecule has 0 aliphatic rings. The second-order valence-electron chi connectivity index (χ2n) is 4.93. The Kier molecular flexibility index (Phi) is 2.83. The number of hydrogen-bond donors (Lipinski definition) is 2. The largest absolute Gasteiger partial charge is 0.382 e. The number of anilines is 1. The molecule has 0 fully saturated rings. The molecule has 3 rings (SSSR count). The SMILES string of the molecule is CP(C)(=O)c1ccc(-c2nc(N)c3[nH]cnc3n2)cc1. The van der Waals surface area contributed by atoms with E-state index in [1.165, 1.54) is 6.33 Å². The van der Waals surface area contributed by atoms with Crippen molar-refractivity contribution in [3.8, 4) is 11.4 Å². The average Bonchev–Trinajstić information content (AvgIpc) is 2.86. The Morgan fingerprint density at radius 3 is 2.50 bits per heavy atom. The molecule has 1 aromatic carbocycles. The molecule has 0 saturated heterocycles. The van der Waals surface area contributed by atoms with E-state index in [4.69, 9.17) is 5.73 Å². The van der Waals surface area contributed by atoms with Gasteiger partial charge in [0.15, 0.2) is 17.3 Å². The molecule has 0 aliphatic carbocycles. The Morgan fingerprint density at radius 2 is 1.85 bits per heavy atom. The van der Waals surface area contributed by atoms with E-state index in [0.29, 0.717) is 22.8 Å². The van der Waals surface area contributed by atoms with E-state index in [2.05, 4.69) is 19.9 Å². The molecule has 0 amide bonds. The van der Waals surface area contributed by atoms with Gasteiger partial charge in [-0.1, -0.05) is 24.3 Å². The van der Waals surface area contributed by atoms with Crippen LogP contribution in [0.25, 0.3) is 22.6 Å². The first-order valence-corrected chi connectivity index (χ1v) is 8.68. The van der Waals surface area contributed by atoms with Crippen LogP contribution in [-0.4, -0.2) is 33.3 Å². The predicted octanol–water partition coefficient (Wildman–Crippen LogP) is 1.85. The fourth-order valence-electron chi connectivity index (χ4n) is 1.95. The number of benzene rings is 1. The highest BCUT2D eigenvalue weighted by molar-refractivity contribution is 7.70. The third-order valence-corrected chi connectivity index (χ3v) is 4.60. The first-order valence-electron chi connectivity index (χ1n) is 6.08. The van der Waals surface area contributed by atoms with Crippen molar-refractivity contribution in [1.29, 1.82) is 0 Å². The summed E-state index contributed by atoms with van der Waals surface area (Å²) >= 11 is 0. The second kappa shape index (κ2) is 4.42. The standard InChI is InChI=1S/C13H14N5OP/c1-20(2,19)9-5-3-8(4-6-9)12-17-11(14)10-13(18-12)16-7-15-10/h3-7H,1-2H3,(H3,14,15,16,17,18). The molecule has 102 valence electrons. The molecular weight excluding hydrogens is 273 g/mol. The van der Waals surface area contributed by atoms with Crippen molar-refractivity contribution in [3.63, 3.8) is 0 Å². The molecule has 7 heteroatoms. The van der Waals surface area contributed by atoms with Gasteiger partial charge >= 0.3 is 0 Å². The van der Waals surface area contributed by atoms with Crippen molar-refractivity contribution in [3.05, 3.63) is 30.6 Å². The minimum atomic E-state index is -2.25. The minimum absolute atomic E-state index is 0.364. The highest BCUT2D eigenvalue weighted by Crippen LogP contribution is 2.34. The van der Waals surface area contributed by atoms with Gasteiger partial charge in [0.2, 0.25) is 0 Å². The first-order chi connectivity index (χ1) is 9.45. The second-order valence-corrected chi connectivity index (χ2v) is 8.15. The zero-order chi connectivity index (χ0) is 14.3. The van der Waals surface area contributed by atoms with Gasteiger partial charge in [0.25, 0.3) is 0 Å². The molecule has 0 spiro atoms. The lowest BCUT2D eigenvalue weighted by Crippen LogP contribution is -2.03. The lowest BCUT2D eigenvalue weighted by atomic mass is 10.2. The molecule has 0 unspecified atom stereocenters. The molecule has 3 aromatic rings. The molecule has 2 heterocycles. The normalized spacial score (nSPS) is 11.9. The Bertz CT molecular complexity index is 818. The van der Waals surface area contributed by atoms with E-state index in [1.54, 1.807) is 13.3 Å². The highest BCUT2D eigenvalue weighted by atomic mass is 31.2. The smallest absolute Gasteiger partial charge is 0.183 e. The molecule has 0 radical (unpaired) electrons. The van der Waals surface area contributed by atoms with Crippen molar-refractivity contribution >= 4 is 29.4 Å². The fraction of sp³-hybridized carbons (Fsp3) is 0.154. The van der Waals surface area contributed by atoms with Crippen LogP contribution >= 0.6 is 7.14 Å². The summed E-state index contributed by atoms with van der Waals surface area (Å²) < 4.78 is 12.0. The van der Waals surface area contributed by atoms with Gasteiger partial charge in [-0.3, -0.25) is 0 Å². The van der Waals surface area contributed by atoms with Gasteiger partial charge in [0.05, 0.1) is 6.33 Å². The van der Waals surface area contributed by atoms with E-state index in [1.807, 2.05) is 24.3 Å². The van der Waals surface area contributed by atoms with Gasteiger partial charge < -0.3 is 15.3 Å². The maximum atomic E-state index is 12.0. The number of H-pyrrole nitrogens is 1. The van der Waals surface area contributed by atoms with Crippen molar-refractivity contribution in [2.45, 2.75) is 0 Å². The third-order valence-electron chi connectivity index (χ3n) is 3.06. The van der Waals surface area contributed by atoms with Crippen LogP contribution in [0.15, 0.2) is 30.6 Å². The molecule has 0 atom stereocenters. The topological polar surface area (TPSA) is 97.6 Å². The van der Waals surface area contributed by atoms with Gasteiger partial charge in [0.1, 0.15) is 12.7 Å². The zero-order valence-corrected chi connectivity index (χ0v) is 12.1.